The van der Waals surface area contributed by atoms with Crippen LogP contribution >= 0.6 is 0 Å². The Kier molecular flexibility index (Phi) is 3.95. The molecule has 104 valence electrons. The van der Waals surface area contributed by atoms with E-state index in [-0.39, 0.29) is 11.8 Å². The smallest absolute Gasteiger partial charge is 0.407 e. The van der Waals surface area contributed by atoms with Gasteiger partial charge in [-0.05, 0) is 6.54 Å². The largest absolute Gasteiger partial charge is 0.464 e. The van der Waals surface area contributed by atoms with Crippen molar-refractivity contribution in [3.63, 3.8) is 0 Å². The molecule has 1 atom stereocenters. The van der Waals surface area contributed by atoms with Gasteiger partial charge >= 0.3 is 12.1 Å². The van der Waals surface area contributed by atoms with Gasteiger partial charge < -0.3 is 20.5 Å². The number of carbonyl (C=O) groups excluding carboxylic acids is 2. The van der Waals surface area contributed by atoms with E-state index in [9.17, 15) is 9.59 Å². The maximum absolute atomic E-state index is 11.5. The van der Waals surface area contributed by atoms with Crippen molar-refractivity contribution in [3.8, 4) is 0 Å². The summed E-state index contributed by atoms with van der Waals surface area (Å²) in [6.45, 7) is 1.06. The number of ether oxygens (including phenoxy) is 2. The minimum absolute atomic E-state index is 0.144. The van der Waals surface area contributed by atoms with Gasteiger partial charge in [-0.1, -0.05) is 5.21 Å². The molecule has 0 radical (unpaired) electrons. The first kappa shape index (κ1) is 13.3. The zero-order valence-corrected chi connectivity index (χ0v) is 10.5. The highest BCUT2D eigenvalue weighted by Gasteiger charge is 2.26. The predicted octanol–water partition coefficient (Wildman–Crippen LogP) is -1.33. The molecule has 3 N–H and O–H groups in total. The molecule has 0 aliphatic carbocycles. The van der Waals surface area contributed by atoms with E-state index in [1.807, 2.05) is 0 Å². The number of nitrogens with one attached hydrogen (secondary N) is 1. The predicted molar refractivity (Wildman–Crippen MR) is 62.4 cm³/mol. The van der Waals surface area contributed by atoms with Gasteiger partial charge in [0.15, 0.2) is 5.69 Å². The Morgan fingerprint density at radius 2 is 2.47 bits per heavy atom. The van der Waals surface area contributed by atoms with Gasteiger partial charge in [-0.3, -0.25) is 0 Å². The summed E-state index contributed by atoms with van der Waals surface area (Å²) in [6, 6.07) is 0. The van der Waals surface area contributed by atoms with E-state index in [1.54, 1.807) is 0 Å². The number of nitrogens with two attached hydrogens (primary N) is 1. The highest BCUT2D eigenvalue weighted by molar-refractivity contribution is 5.88. The van der Waals surface area contributed by atoms with E-state index < -0.39 is 12.1 Å². The summed E-state index contributed by atoms with van der Waals surface area (Å²) in [5.74, 6) is -0.559. The molecule has 2 rings (SSSR count). The Hall–Kier alpha value is -2.16. The zero-order valence-electron chi connectivity index (χ0n) is 10.5. The number of cyclic esters (lactones) is 1. The molecule has 9 nitrogen and oxygen atoms in total. The summed E-state index contributed by atoms with van der Waals surface area (Å²) in [7, 11) is 1.27. The molecule has 0 spiro atoms. The van der Waals surface area contributed by atoms with E-state index in [2.05, 4.69) is 20.4 Å². The quantitative estimate of drug-likeness (QED) is 0.635. The Morgan fingerprint density at radius 1 is 1.68 bits per heavy atom. The number of aromatic nitrogens is 3. The topological polar surface area (TPSA) is 121 Å². The van der Waals surface area contributed by atoms with Crippen LogP contribution in [0.15, 0.2) is 0 Å². The lowest BCUT2D eigenvalue weighted by atomic mass is 10.2. The van der Waals surface area contributed by atoms with E-state index >= 15 is 0 Å². The van der Waals surface area contributed by atoms with Crippen LogP contribution < -0.4 is 11.1 Å². The average Bonchev–Trinajstić information content (AvgIpc) is 2.97. The molecule has 1 amide bonds. The lowest BCUT2D eigenvalue weighted by molar-refractivity contribution is 0.0592. The minimum Gasteiger partial charge on any atom is -0.464 e. The fraction of sp³-hybridized carbons (Fsp3) is 0.600. The van der Waals surface area contributed by atoms with Gasteiger partial charge in [0.2, 0.25) is 0 Å². The molecule has 1 unspecified atom stereocenters. The Bertz CT molecular complexity index is 486. The number of hydrogen-bond acceptors (Lipinski definition) is 7. The zero-order chi connectivity index (χ0) is 13.8. The number of alkyl carbamates (subject to hydrolysis) is 1. The van der Waals surface area contributed by atoms with Crippen molar-refractivity contribution in [3.05, 3.63) is 11.4 Å². The van der Waals surface area contributed by atoms with Crippen LogP contribution in [0.5, 0.6) is 0 Å². The van der Waals surface area contributed by atoms with Gasteiger partial charge in [-0.25, -0.2) is 14.3 Å². The number of hydrogen-bond donors (Lipinski definition) is 2. The number of rotatable bonds is 5. The van der Waals surface area contributed by atoms with Crippen molar-refractivity contribution in [1.29, 1.82) is 0 Å². The Labute approximate surface area is 109 Å². The molecule has 1 fully saturated rings. The molecule has 0 bridgehead atoms. The van der Waals surface area contributed by atoms with Crippen molar-refractivity contribution in [2.45, 2.75) is 19.1 Å². The second-order valence-corrected chi connectivity index (χ2v) is 4.01. The maximum Gasteiger partial charge on any atom is 0.407 e. The third-order valence-electron chi connectivity index (χ3n) is 2.72. The van der Waals surface area contributed by atoms with Crippen LogP contribution in [0, 0.1) is 0 Å². The number of esters is 1. The first-order valence-corrected chi connectivity index (χ1v) is 5.81. The summed E-state index contributed by atoms with van der Waals surface area (Å²) in [5.41, 5.74) is 6.24. The number of methoxy groups -OCH3 is 1. The van der Waals surface area contributed by atoms with E-state index in [0.29, 0.717) is 31.7 Å². The summed E-state index contributed by atoms with van der Waals surface area (Å²) in [5, 5.41) is 10.2. The monoisotopic (exact) mass is 269 g/mol. The highest BCUT2D eigenvalue weighted by Crippen LogP contribution is 2.11. The third-order valence-corrected chi connectivity index (χ3v) is 2.72. The highest BCUT2D eigenvalue weighted by atomic mass is 16.6. The van der Waals surface area contributed by atoms with Crippen LogP contribution in [0.1, 0.15) is 16.2 Å². The molecule has 9 heteroatoms. The van der Waals surface area contributed by atoms with Crippen LogP contribution in [0.25, 0.3) is 0 Å². The van der Waals surface area contributed by atoms with E-state index in [4.69, 9.17) is 10.5 Å². The standard InChI is InChI=1S/C10H15N5O4/c1-18-9(16)8-7(2-3-11)15(14-13-8)5-6-4-12-10(17)19-6/h6H,2-5,11H2,1H3,(H,12,17). The van der Waals surface area contributed by atoms with Crippen molar-refractivity contribution >= 4 is 12.1 Å². The molecule has 19 heavy (non-hydrogen) atoms. The molecule has 1 aliphatic heterocycles. The Balaban J connectivity index is 2.17. The Morgan fingerprint density at radius 3 is 3.05 bits per heavy atom. The first-order chi connectivity index (χ1) is 9.15. The summed E-state index contributed by atoms with van der Waals surface area (Å²) in [6.07, 6.45) is -0.360. The first-order valence-electron chi connectivity index (χ1n) is 5.81. The maximum atomic E-state index is 11.5. The summed E-state index contributed by atoms with van der Waals surface area (Å²) in [4.78, 5) is 22.5. The van der Waals surface area contributed by atoms with Crippen molar-refractivity contribution in [2.24, 2.45) is 5.73 Å². The molecule has 0 saturated carbocycles. The molecule has 0 aromatic carbocycles. The lowest BCUT2D eigenvalue weighted by Gasteiger charge is -2.10. The molecular weight excluding hydrogens is 254 g/mol. The third kappa shape index (κ3) is 2.81. The van der Waals surface area contributed by atoms with Gasteiger partial charge in [0.25, 0.3) is 0 Å². The second kappa shape index (κ2) is 5.65. The fourth-order valence-electron chi connectivity index (χ4n) is 1.85. The summed E-state index contributed by atoms with van der Waals surface area (Å²) < 4.78 is 11.2. The number of carbonyl (C=O) groups is 2. The van der Waals surface area contributed by atoms with E-state index in [0.717, 1.165) is 0 Å². The molecule has 1 saturated heterocycles. The van der Waals surface area contributed by atoms with Crippen molar-refractivity contribution in [2.75, 3.05) is 20.2 Å². The minimum atomic E-state index is -0.559. The van der Waals surface area contributed by atoms with Gasteiger partial charge in [0.1, 0.15) is 6.10 Å². The van der Waals surface area contributed by atoms with Gasteiger partial charge in [0, 0.05) is 6.42 Å². The fourth-order valence-corrected chi connectivity index (χ4v) is 1.85. The molecule has 1 aliphatic rings. The normalized spacial score (nSPS) is 18.0. The van der Waals surface area contributed by atoms with Crippen LogP contribution in [-0.4, -0.2) is 53.4 Å². The number of nitrogens with zero attached hydrogens (tertiary/aromatic N) is 3. The SMILES string of the molecule is COC(=O)c1nnn(CC2CNC(=O)O2)c1CCN. The average molecular weight is 269 g/mol. The molecule has 2 heterocycles. The number of amides is 1. The molecule has 1 aromatic rings. The second-order valence-electron chi connectivity index (χ2n) is 4.01. The summed E-state index contributed by atoms with van der Waals surface area (Å²) >= 11 is 0. The van der Waals surface area contributed by atoms with Crippen LogP contribution in [0.4, 0.5) is 4.79 Å². The van der Waals surface area contributed by atoms with Gasteiger partial charge in [-0.2, -0.15) is 0 Å². The van der Waals surface area contributed by atoms with Crippen LogP contribution in [0.3, 0.4) is 0 Å². The van der Waals surface area contributed by atoms with Crippen molar-refractivity contribution in [1.82, 2.24) is 20.3 Å². The molecule has 1 aromatic heterocycles. The molecular formula is C10H15N5O4. The van der Waals surface area contributed by atoms with Crippen molar-refractivity contribution < 1.29 is 19.1 Å². The van der Waals surface area contributed by atoms with Crippen LogP contribution in [0.2, 0.25) is 0 Å². The van der Waals surface area contributed by atoms with E-state index in [1.165, 1.54) is 11.8 Å². The van der Waals surface area contributed by atoms with Gasteiger partial charge in [-0.15, -0.1) is 5.10 Å². The lowest BCUT2D eigenvalue weighted by Crippen LogP contribution is -2.23. The van der Waals surface area contributed by atoms with Crippen LogP contribution in [-0.2, 0) is 22.4 Å². The van der Waals surface area contributed by atoms with Gasteiger partial charge in [0.05, 0.1) is 25.9 Å².